The summed E-state index contributed by atoms with van der Waals surface area (Å²) in [6, 6.07) is 7.49. The molecule has 5 rings (SSSR count). The molecule has 0 aliphatic carbocycles. The van der Waals surface area contributed by atoms with Gasteiger partial charge in [0.1, 0.15) is 23.4 Å². The molecule has 0 radical (unpaired) electrons. The number of nitro groups is 1. The maximum atomic E-state index is 13.4. The van der Waals surface area contributed by atoms with Gasteiger partial charge in [-0.2, -0.15) is 16.9 Å². The number of rotatable bonds is 7. The van der Waals surface area contributed by atoms with Gasteiger partial charge in [0.25, 0.3) is 11.6 Å². The largest absolute Gasteiger partial charge is 0.456 e. The van der Waals surface area contributed by atoms with E-state index in [9.17, 15) is 24.5 Å². The molecule has 1 saturated heterocycles. The highest BCUT2D eigenvalue weighted by molar-refractivity contribution is 9.10. The molecular formula is C22H19BrN4O7S2. The molecule has 14 heteroatoms. The molecule has 188 valence electrons. The lowest BCUT2D eigenvalue weighted by atomic mass is 9.88. The smallest absolute Gasteiger partial charge is 0.355 e. The Morgan fingerprint density at radius 2 is 2.11 bits per heavy atom. The van der Waals surface area contributed by atoms with E-state index in [0.29, 0.717) is 11.3 Å². The van der Waals surface area contributed by atoms with Gasteiger partial charge < -0.3 is 9.47 Å². The quantitative estimate of drug-likeness (QED) is 0.154. The highest BCUT2D eigenvalue weighted by Gasteiger charge is 2.69. The lowest BCUT2D eigenvalue weighted by Gasteiger charge is -2.51. The molecule has 36 heavy (non-hydrogen) atoms. The molecule has 2 aromatic rings. The van der Waals surface area contributed by atoms with Crippen molar-refractivity contribution >= 4 is 63.0 Å². The van der Waals surface area contributed by atoms with Crippen LogP contribution in [0.5, 0.6) is 0 Å². The van der Waals surface area contributed by atoms with Crippen LogP contribution in [-0.4, -0.2) is 52.9 Å². The number of fused-ring (bicyclic) bond motifs is 2. The van der Waals surface area contributed by atoms with Crippen molar-refractivity contribution in [3.63, 3.8) is 0 Å². The Labute approximate surface area is 221 Å². The third kappa shape index (κ3) is 4.20. The predicted octanol–water partition coefficient (Wildman–Crippen LogP) is 3.28. The molecule has 0 bridgehead atoms. The van der Waals surface area contributed by atoms with Crippen molar-refractivity contribution in [2.75, 3.05) is 5.75 Å². The molecule has 0 saturated carbocycles. The molecule has 3 atom stereocenters. The van der Waals surface area contributed by atoms with Gasteiger partial charge in [0.15, 0.2) is 10.4 Å². The Morgan fingerprint density at radius 1 is 1.36 bits per heavy atom. The Kier molecular flexibility index (Phi) is 6.59. The van der Waals surface area contributed by atoms with Gasteiger partial charge >= 0.3 is 11.9 Å². The first kappa shape index (κ1) is 24.8. The molecule has 4 heterocycles. The molecular weight excluding hydrogens is 576 g/mol. The fraction of sp³-hybridized carbons (Fsp3) is 0.364. The standard InChI is InChI=1S/C22H19BrN4O7S2/c1-12(28)34-18(16-8-15-10-35-7-6-25(15)24-16)22(23)20(30)26-17(11-36-21(22)26)19(29)33-9-13-2-4-14(5-3-13)27(31)32/h2-5,8,11,18,21H,6-7,9-10H2,1H3/t18?,21-,22?/m1/s1. The zero-order valence-corrected chi connectivity index (χ0v) is 22.0. The third-order valence-corrected chi connectivity index (χ3v) is 9.61. The summed E-state index contributed by atoms with van der Waals surface area (Å²) in [6.07, 6.45) is -0.983. The number of nitro benzene ring substituents is 1. The first-order chi connectivity index (χ1) is 17.2. The molecule has 3 aliphatic heterocycles. The lowest BCUT2D eigenvalue weighted by molar-refractivity contribution is -0.384. The van der Waals surface area contributed by atoms with E-state index in [4.69, 9.17) is 9.47 Å². The Bertz CT molecular complexity index is 1270. The second kappa shape index (κ2) is 9.56. The average molecular weight is 595 g/mol. The molecule has 0 spiro atoms. The fourth-order valence-corrected chi connectivity index (χ4v) is 7.35. The van der Waals surface area contributed by atoms with E-state index in [-0.39, 0.29) is 18.0 Å². The van der Waals surface area contributed by atoms with Gasteiger partial charge in [0, 0.05) is 41.7 Å². The van der Waals surface area contributed by atoms with Crippen LogP contribution in [0.3, 0.4) is 0 Å². The number of hydrogen-bond donors (Lipinski definition) is 0. The number of aryl methyl sites for hydroxylation is 1. The van der Waals surface area contributed by atoms with E-state index in [2.05, 4.69) is 21.0 Å². The first-order valence-electron chi connectivity index (χ1n) is 10.8. The number of carbonyl (C=O) groups excluding carboxylic acids is 3. The van der Waals surface area contributed by atoms with E-state index in [1.807, 2.05) is 10.7 Å². The summed E-state index contributed by atoms with van der Waals surface area (Å²) in [5.74, 6) is 0.00261. The maximum Gasteiger partial charge on any atom is 0.355 e. The SMILES string of the molecule is CC(=O)OC(c1cc2n(n1)CCSC2)C1(Br)C(=O)N2C(C(=O)OCc3ccc([N+](=O)[O-])cc3)=CS[C@@H]21. The molecule has 1 aromatic heterocycles. The van der Waals surface area contributed by atoms with Crippen molar-refractivity contribution in [2.24, 2.45) is 0 Å². The van der Waals surface area contributed by atoms with E-state index in [0.717, 1.165) is 23.7 Å². The van der Waals surface area contributed by atoms with Crippen molar-refractivity contribution < 1.29 is 28.8 Å². The van der Waals surface area contributed by atoms with Crippen molar-refractivity contribution in [3.05, 3.63) is 68.5 Å². The summed E-state index contributed by atoms with van der Waals surface area (Å²) in [7, 11) is 0. The number of halogens is 1. The summed E-state index contributed by atoms with van der Waals surface area (Å²) in [4.78, 5) is 49.8. The number of nitrogens with zero attached hydrogens (tertiary/aromatic N) is 4. The zero-order chi connectivity index (χ0) is 25.6. The van der Waals surface area contributed by atoms with Crippen molar-refractivity contribution in [3.8, 4) is 0 Å². The second-order valence-corrected chi connectivity index (χ2v) is 11.6. The minimum absolute atomic E-state index is 0.0673. The average Bonchev–Trinajstić information content (AvgIpc) is 3.48. The topological polar surface area (TPSA) is 134 Å². The maximum absolute atomic E-state index is 13.4. The van der Waals surface area contributed by atoms with Crippen LogP contribution >= 0.6 is 39.5 Å². The molecule has 2 unspecified atom stereocenters. The van der Waals surface area contributed by atoms with E-state index >= 15 is 0 Å². The number of β-lactam (4-membered cyclic amide) rings is 1. The van der Waals surface area contributed by atoms with Gasteiger partial charge in [-0.15, -0.1) is 11.8 Å². The monoisotopic (exact) mass is 594 g/mol. The highest BCUT2D eigenvalue weighted by Crippen LogP contribution is 2.58. The van der Waals surface area contributed by atoms with Crippen LogP contribution in [0, 0.1) is 10.1 Å². The normalized spacial score (nSPS) is 23.2. The molecule has 0 N–H and O–H groups in total. The summed E-state index contributed by atoms with van der Waals surface area (Å²) < 4.78 is 11.5. The van der Waals surface area contributed by atoms with E-state index in [1.165, 1.54) is 47.9 Å². The third-order valence-electron chi connectivity index (χ3n) is 5.95. The summed E-state index contributed by atoms with van der Waals surface area (Å²) in [5.41, 5.74) is 2.04. The van der Waals surface area contributed by atoms with E-state index < -0.39 is 38.6 Å². The van der Waals surface area contributed by atoms with Crippen LogP contribution in [0.2, 0.25) is 0 Å². The number of amides is 1. The number of esters is 2. The number of hydrogen-bond acceptors (Lipinski definition) is 10. The number of benzene rings is 1. The number of alkyl halides is 1. The van der Waals surface area contributed by atoms with Gasteiger partial charge in [-0.3, -0.25) is 29.3 Å². The highest BCUT2D eigenvalue weighted by atomic mass is 79.9. The van der Waals surface area contributed by atoms with Crippen LogP contribution < -0.4 is 0 Å². The number of aromatic nitrogens is 2. The van der Waals surface area contributed by atoms with Crippen LogP contribution in [-0.2, 0) is 42.8 Å². The Balaban J connectivity index is 1.30. The lowest BCUT2D eigenvalue weighted by Crippen LogP contribution is -2.70. The number of thioether (sulfide) groups is 2. The summed E-state index contributed by atoms with van der Waals surface area (Å²) >= 11 is 6.57. The van der Waals surface area contributed by atoms with Crippen molar-refractivity contribution in [1.29, 1.82) is 0 Å². The van der Waals surface area contributed by atoms with Gasteiger partial charge in [-0.05, 0) is 23.8 Å². The number of ether oxygens (including phenoxy) is 2. The molecule has 1 fully saturated rings. The van der Waals surface area contributed by atoms with Gasteiger partial charge in [-0.25, -0.2) is 4.79 Å². The zero-order valence-electron chi connectivity index (χ0n) is 18.8. The summed E-state index contributed by atoms with van der Waals surface area (Å²) in [5, 5.41) is 16.4. The number of carbonyl (C=O) groups is 3. The van der Waals surface area contributed by atoms with Crippen LogP contribution in [0.4, 0.5) is 5.69 Å². The van der Waals surface area contributed by atoms with Crippen molar-refractivity contribution in [1.82, 2.24) is 14.7 Å². The Hall–Kier alpha value is -2.84. The Morgan fingerprint density at radius 3 is 2.78 bits per heavy atom. The first-order valence-corrected chi connectivity index (χ1v) is 13.7. The molecule has 1 aromatic carbocycles. The molecule has 3 aliphatic rings. The number of non-ortho nitro benzene ring substituents is 1. The molecule has 1 amide bonds. The molecule has 11 nitrogen and oxygen atoms in total. The van der Waals surface area contributed by atoms with Crippen LogP contribution in [0.1, 0.15) is 30.0 Å². The second-order valence-electron chi connectivity index (χ2n) is 8.26. The van der Waals surface area contributed by atoms with Crippen LogP contribution in [0.25, 0.3) is 0 Å². The van der Waals surface area contributed by atoms with Crippen LogP contribution in [0.15, 0.2) is 41.4 Å². The predicted molar refractivity (Wildman–Crippen MR) is 134 cm³/mol. The van der Waals surface area contributed by atoms with E-state index in [1.54, 1.807) is 17.2 Å². The summed E-state index contributed by atoms with van der Waals surface area (Å²) in [6.45, 7) is 1.89. The van der Waals surface area contributed by atoms with Gasteiger partial charge in [0.05, 0.1) is 11.5 Å². The van der Waals surface area contributed by atoms with Gasteiger partial charge in [0.2, 0.25) is 0 Å². The van der Waals surface area contributed by atoms with Crippen molar-refractivity contribution in [2.45, 2.75) is 41.6 Å². The minimum Gasteiger partial charge on any atom is -0.456 e. The minimum atomic E-state index is -1.31. The fourth-order valence-electron chi connectivity index (χ4n) is 4.20. The van der Waals surface area contributed by atoms with Gasteiger partial charge in [-0.1, -0.05) is 15.9 Å².